The van der Waals surface area contributed by atoms with Crippen molar-refractivity contribution in [2.24, 2.45) is 5.92 Å². The van der Waals surface area contributed by atoms with Gasteiger partial charge in [-0.1, -0.05) is 19.9 Å². The summed E-state index contributed by atoms with van der Waals surface area (Å²) in [5.74, 6) is 1.10. The molecule has 110 valence electrons. The van der Waals surface area contributed by atoms with Crippen LogP contribution in [0, 0.1) is 5.92 Å². The molecule has 0 spiro atoms. The van der Waals surface area contributed by atoms with Gasteiger partial charge in [-0.2, -0.15) is 0 Å². The predicted octanol–water partition coefficient (Wildman–Crippen LogP) is 2.37. The molecule has 1 aromatic rings. The Hall–Kier alpha value is -1.42. The summed E-state index contributed by atoms with van der Waals surface area (Å²) in [6.45, 7) is 3.88. The highest BCUT2D eigenvalue weighted by Crippen LogP contribution is 2.24. The Kier molecular flexibility index (Phi) is 5.12. The van der Waals surface area contributed by atoms with Gasteiger partial charge in [-0.15, -0.1) is 0 Å². The molecule has 20 heavy (non-hydrogen) atoms. The van der Waals surface area contributed by atoms with Crippen molar-refractivity contribution in [3.8, 4) is 5.88 Å². The molecule has 0 amide bonds. The Morgan fingerprint density at radius 2 is 2.20 bits per heavy atom. The SMILES string of the molecule is CN[C@H]1C[C@H](Oc2ccc(CCC(=O)C(C)C)cn2)C1. The van der Waals surface area contributed by atoms with Crippen LogP contribution >= 0.6 is 0 Å². The zero-order valence-corrected chi connectivity index (χ0v) is 12.6. The van der Waals surface area contributed by atoms with Crippen LogP contribution in [0.25, 0.3) is 0 Å². The first-order chi connectivity index (χ1) is 9.58. The fourth-order valence-corrected chi connectivity index (χ4v) is 2.25. The van der Waals surface area contributed by atoms with E-state index in [9.17, 15) is 4.79 Å². The van der Waals surface area contributed by atoms with Crippen molar-refractivity contribution in [3.63, 3.8) is 0 Å². The lowest BCUT2D eigenvalue weighted by molar-refractivity contribution is -0.121. The van der Waals surface area contributed by atoms with Crippen molar-refractivity contribution in [2.45, 2.75) is 51.7 Å². The van der Waals surface area contributed by atoms with E-state index in [4.69, 9.17) is 4.74 Å². The molecule has 1 aliphatic rings. The third kappa shape index (κ3) is 4.04. The van der Waals surface area contributed by atoms with Crippen molar-refractivity contribution in [1.29, 1.82) is 0 Å². The molecule has 0 saturated heterocycles. The Morgan fingerprint density at radius 1 is 1.45 bits per heavy atom. The van der Waals surface area contributed by atoms with Crippen LogP contribution < -0.4 is 10.1 Å². The van der Waals surface area contributed by atoms with Crippen molar-refractivity contribution in [1.82, 2.24) is 10.3 Å². The summed E-state index contributed by atoms with van der Waals surface area (Å²) in [5, 5.41) is 3.23. The quantitative estimate of drug-likeness (QED) is 0.830. The van der Waals surface area contributed by atoms with Crippen LogP contribution in [0.4, 0.5) is 0 Å². The molecule has 4 nitrogen and oxygen atoms in total. The molecule has 1 saturated carbocycles. The number of carbonyl (C=O) groups excluding carboxylic acids is 1. The van der Waals surface area contributed by atoms with Crippen LogP contribution in [-0.2, 0) is 11.2 Å². The maximum atomic E-state index is 11.6. The van der Waals surface area contributed by atoms with Crippen LogP contribution in [0.5, 0.6) is 5.88 Å². The zero-order valence-electron chi connectivity index (χ0n) is 12.6. The number of carbonyl (C=O) groups is 1. The van der Waals surface area contributed by atoms with Gasteiger partial charge in [0.15, 0.2) is 0 Å². The lowest BCUT2D eigenvalue weighted by atomic mass is 9.89. The van der Waals surface area contributed by atoms with Gasteiger partial charge in [0.1, 0.15) is 11.9 Å². The summed E-state index contributed by atoms with van der Waals surface area (Å²) in [7, 11) is 1.98. The molecular formula is C16H24N2O2. The number of ketones is 1. The number of aromatic nitrogens is 1. The van der Waals surface area contributed by atoms with Crippen molar-refractivity contribution < 1.29 is 9.53 Å². The highest BCUT2D eigenvalue weighted by Gasteiger charge is 2.29. The van der Waals surface area contributed by atoms with E-state index < -0.39 is 0 Å². The van der Waals surface area contributed by atoms with Gasteiger partial charge < -0.3 is 10.1 Å². The average Bonchev–Trinajstić information content (AvgIpc) is 2.40. The monoisotopic (exact) mass is 276 g/mol. The first-order valence-corrected chi connectivity index (χ1v) is 7.40. The lowest BCUT2D eigenvalue weighted by Crippen LogP contribution is -2.45. The van der Waals surface area contributed by atoms with Gasteiger partial charge in [0.25, 0.3) is 0 Å². The largest absolute Gasteiger partial charge is 0.474 e. The summed E-state index contributed by atoms with van der Waals surface area (Å²) in [6, 6.07) is 4.49. The smallest absolute Gasteiger partial charge is 0.213 e. The molecule has 0 aliphatic heterocycles. The van der Waals surface area contributed by atoms with Gasteiger partial charge >= 0.3 is 0 Å². The molecule has 1 heterocycles. The topological polar surface area (TPSA) is 51.2 Å². The fourth-order valence-electron chi connectivity index (χ4n) is 2.25. The molecule has 0 radical (unpaired) electrons. The number of ether oxygens (including phenoxy) is 1. The summed E-state index contributed by atoms with van der Waals surface area (Å²) < 4.78 is 5.78. The summed E-state index contributed by atoms with van der Waals surface area (Å²) >= 11 is 0. The first kappa shape index (κ1) is 15.0. The van der Waals surface area contributed by atoms with E-state index in [1.54, 1.807) is 0 Å². The van der Waals surface area contributed by atoms with Crippen molar-refractivity contribution >= 4 is 5.78 Å². The maximum absolute atomic E-state index is 11.6. The average molecular weight is 276 g/mol. The minimum absolute atomic E-state index is 0.115. The minimum Gasteiger partial charge on any atom is -0.474 e. The number of hydrogen-bond donors (Lipinski definition) is 1. The number of rotatable bonds is 7. The van der Waals surface area contributed by atoms with E-state index in [1.807, 2.05) is 39.2 Å². The van der Waals surface area contributed by atoms with E-state index >= 15 is 0 Å². The van der Waals surface area contributed by atoms with Gasteiger partial charge in [0, 0.05) is 30.6 Å². The number of nitrogens with zero attached hydrogens (tertiary/aromatic N) is 1. The second-order valence-corrected chi connectivity index (χ2v) is 5.82. The number of aryl methyl sites for hydroxylation is 1. The van der Waals surface area contributed by atoms with E-state index in [0.29, 0.717) is 24.1 Å². The summed E-state index contributed by atoms with van der Waals surface area (Å²) in [4.78, 5) is 15.9. The van der Waals surface area contributed by atoms with Gasteiger partial charge in [0.2, 0.25) is 5.88 Å². The Balaban J connectivity index is 1.77. The molecule has 0 bridgehead atoms. The number of Topliss-reactive ketones (excluding diaryl/α,β-unsaturated/α-hetero) is 1. The van der Waals surface area contributed by atoms with Gasteiger partial charge in [-0.25, -0.2) is 4.98 Å². The summed E-state index contributed by atoms with van der Waals surface area (Å²) in [6.07, 6.45) is 5.54. The van der Waals surface area contributed by atoms with Crippen LogP contribution in [0.2, 0.25) is 0 Å². The predicted molar refractivity (Wildman–Crippen MR) is 78.9 cm³/mol. The second kappa shape index (κ2) is 6.84. The number of pyridine rings is 1. The van der Waals surface area contributed by atoms with Crippen molar-refractivity contribution in [3.05, 3.63) is 23.9 Å². The fraction of sp³-hybridized carbons (Fsp3) is 0.625. The van der Waals surface area contributed by atoms with Crippen LogP contribution in [0.1, 0.15) is 38.7 Å². The van der Waals surface area contributed by atoms with Crippen LogP contribution in [0.15, 0.2) is 18.3 Å². The Labute approximate surface area is 120 Å². The lowest BCUT2D eigenvalue weighted by Gasteiger charge is -2.34. The molecule has 1 aromatic heterocycles. The normalized spacial score (nSPS) is 21.6. The molecule has 1 N–H and O–H groups in total. The molecule has 0 aromatic carbocycles. The molecule has 2 rings (SSSR count). The Morgan fingerprint density at radius 3 is 2.75 bits per heavy atom. The minimum atomic E-state index is 0.115. The molecule has 0 atom stereocenters. The van der Waals surface area contributed by atoms with Gasteiger partial charge in [0.05, 0.1) is 0 Å². The third-order valence-electron chi connectivity index (χ3n) is 3.89. The molecule has 1 aliphatic carbocycles. The third-order valence-corrected chi connectivity index (χ3v) is 3.89. The standard InChI is InChI=1S/C16H24N2O2/c1-11(2)15(19)6-4-12-5-7-16(18-10-12)20-14-8-13(9-14)17-3/h5,7,10-11,13-14,17H,4,6,8-9H2,1-3H3/t13-,14-. The first-order valence-electron chi connectivity index (χ1n) is 7.40. The van der Waals surface area contributed by atoms with E-state index in [2.05, 4.69) is 10.3 Å². The zero-order chi connectivity index (χ0) is 14.5. The van der Waals surface area contributed by atoms with Crippen LogP contribution in [0.3, 0.4) is 0 Å². The molecule has 1 fully saturated rings. The summed E-state index contributed by atoms with van der Waals surface area (Å²) in [5.41, 5.74) is 1.09. The molecule has 0 unspecified atom stereocenters. The van der Waals surface area contributed by atoms with E-state index in [0.717, 1.165) is 24.8 Å². The van der Waals surface area contributed by atoms with Gasteiger partial charge in [-0.3, -0.25) is 4.79 Å². The highest BCUT2D eigenvalue weighted by atomic mass is 16.5. The second-order valence-electron chi connectivity index (χ2n) is 5.82. The van der Waals surface area contributed by atoms with E-state index in [1.165, 1.54) is 0 Å². The van der Waals surface area contributed by atoms with E-state index in [-0.39, 0.29) is 12.0 Å². The number of nitrogens with one attached hydrogen (secondary N) is 1. The van der Waals surface area contributed by atoms with Crippen LogP contribution in [-0.4, -0.2) is 30.0 Å². The van der Waals surface area contributed by atoms with Gasteiger partial charge in [-0.05, 0) is 31.9 Å². The molecule has 4 heteroatoms. The number of hydrogen-bond acceptors (Lipinski definition) is 4. The molecular weight excluding hydrogens is 252 g/mol. The Bertz CT molecular complexity index is 436. The highest BCUT2D eigenvalue weighted by molar-refractivity contribution is 5.80. The van der Waals surface area contributed by atoms with Crippen molar-refractivity contribution in [2.75, 3.05) is 7.05 Å². The maximum Gasteiger partial charge on any atom is 0.213 e.